The Bertz CT molecular complexity index is 660. The Hall–Kier alpha value is -2.30. The summed E-state index contributed by atoms with van der Waals surface area (Å²) in [5, 5.41) is 6.65. The molecular weight excluding hydrogens is 276 g/mol. The van der Waals surface area contributed by atoms with Gasteiger partial charge in [0.05, 0.1) is 12.2 Å². The van der Waals surface area contributed by atoms with E-state index in [1.54, 1.807) is 13.3 Å². The SMILES string of the molecule is CN=C(NCc1coc(-c2ccc(C)cc2)n1)NC1CC1C. The first-order valence-electron chi connectivity index (χ1n) is 7.64. The standard InChI is InChI=1S/C17H22N4O/c1-11-4-6-13(7-5-11)16-20-14(10-22-16)9-19-17(18-3)21-15-8-12(15)2/h4-7,10,12,15H,8-9H2,1-3H3,(H2,18,19,21). The molecule has 2 aromatic rings. The molecule has 0 bridgehead atoms. The van der Waals surface area contributed by atoms with Crippen LogP contribution in [0.1, 0.15) is 24.6 Å². The third kappa shape index (κ3) is 3.47. The highest BCUT2D eigenvalue weighted by Crippen LogP contribution is 2.28. The first-order chi connectivity index (χ1) is 10.7. The van der Waals surface area contributed by atoms with Gasteiger partial charge in [0.1, 0.15) is 6.26 Å². The van der Waals surface area contributed by atoms with Crippen LogP contribution in [-0.4, -0.2) is 24.0 Å². The van der Waals surface area contributed by atoms with E-state index in [1.165, 1.54) is 12.0 Å². The Morgan fingerprint density at radius 3 is 2.73 bits per heavy atom. The van der Waals surface area contributed by atoms with E-state index in [0.29, 0.717) is 18.5 Å². The molecule has 1 saturated carbocycles. The van der Waals surface area contributed by atoms with E-state index in [2.05, 4.69) is 46.6 Å². The summed E-state index contributed by atoms with van der Waals surface area (Å²) in [4.78, 5) is 8.74. The maximum Gasteiger partial charge on any atom is 0.226 e. The van der Waals surface area contributed by atoms with Crippen LogP contribution in [0.15, 0.2) is 39.9 Å². The number of aromatic nitrogens is 1. The van der Waals surface area contributed by atoms with Crippen LogP contribution >= 0.6 is 0 Å². The van der Waals surface area contributed by atoms with Crippen molar-refractivity contribution in [1.29, 1.82) is 0 Å². The van der Waals surface area contributed by atoms with Crippen LogP contribution in [0.3, 0.4) is 0 Å². The summed E-state index contributed by atoms with van der Waals surface area (Å²) in [5.74, 6) is 2.20. The van der Waals surface area contributed by atoms with Crippen LogP contribution in [0.2, 0.25) is 0 Å². The van der Waals surface area contributed by atoms with Crippen LogP contribution in [0, 0.1) is 12.8 Å². The van der Waals surface area contributed by atoms with Gasteiger partial charge in [-0.15, -0.1) is 0 Å². The van der Waals surface area contributed by atoms with E-state index in [1.807, 2.05) is 12.1 Å². The molecular formula is C17H22N4O. The van der Waals surface area contributed by atoms with Crippen molar-refractivity contribution in [3.63, 3.8) is 0 Å². The fourth-order valence-electron chi connectivity index (χ4n) is 2.28. The van der Waals surface area contributed by atoms with E-state index >= 15 is 0 Å². The van der Waals surface area contributed by atoms with Crippen molar-refractivity contribution in [2.45, 2.75) is 32.9 Å². The van der Waals surface area contributed by atoms with Crippen molar-refractivity contribution in [2.24, 2.45) is 10.9 Å². The number of hydrogen-bond donors (Lipinski definition) is 2. The Kier molecular flexibility index (Phi) is 4.13. The smallest absolute Gasteiger partial charge is 0.226 e. The van der Waals surface area contributed by atoms with E-state index in [0.717, 1.165) is 23.1 Å². The number of aliphatic imine (C=N–C) groups is 1. The van der Waals surface area contributed by atoms with Gasteiger partial charge in [0.15, 0.2) is 5.96 Å². The summed E-state index contributed by atoms with van der Waals surface area (Å²) in [6.07, 6.45) is 2.90. The van der Waals surface area contributed by atoms with Crippen LogP contribution in [0.5, 0.6) is 0 Å². The minimum absolute atomic E-state index is 0.548. The fourth-order valence-corrected chi connectivity index (χ4v) is 2.28. The Morgan fingerprint density at radius 1 is 1.36 bits per heavy atom. The molecule has 0 saturated heterocycles. The molecule has 3 rings (SSSR count). The van der Waals surface area contributed by atoms with E-state index in [-0.39, 0.29) is 0 Å². The van der Waals surface area contributed by atoms with Gasteiger partial charge in [0.25, 0.3) is 0 Å². The zero-order valence-corrected chi connectivity index (χ0v) is 13.3. The van der Waals surface area contributed by atoms with E-state index < -0.39 is 0 Å². The molecule has 2 N–H and O–H groups in total. The van der Waals surface area contributed by atoms with Gasteiger partial charge in [-0.3, -0.25) is 4.99 Å². The number of benzene rings is 1. The highest BCUT2D eigenvalue weighted by molar-refractivity contribution is 5.80. The molecule has 1 aromatic heterocycles. The quantitative estimate of drug-likeness (QED) is 0.673. The third-order valence-corrected chi connectivity index (χ3v) is 3.94. The minimum Gasteiger partial charge on any atom is -0.444 e. The number of rotatable bonds is 4. The molecule has 5 heteroatoms. The molecule has 1 fully saturated rings. The monoisotopic (exact) mass is 298 g/mol. The average molecular weight is 298 g/mol. The van der Waals surface area contributed by atoms with E-state index in [9.17, 15) is 0 Å². The average Bonchev–Trinajstić information content (AvgIpc) is 3.01. The molecule has 22 heavy (non-hydrogen) atoms. The molecule has 1 heterocycles. The number of oxazole rings is 1. The largest absolute Gasteiger partial charge is 0.444 e. The molecule has 0 amide bonds. The van der Waals surface area contributed by atoms with Gasteiger partial charge in [0.2, 0.25) is 5.89 Å². The number of guanidine groups is 1. The normalized spacial score (nSPS) is 20.8. The summed E-state index contributed by atoms with van der Waals surface area (Å²) in [5.41, 5.74) is 3.08. The molecule has 1 aliphatic carbocycles. The number of nitrogens with zero attached hydrogens (tertiary/aromatic N) is 2. The molecule has 5 nitrogen and oxygen atoms in total. The highest BCUT2D eigenvalue weighted by Gasteiger charge is 2.33. The maximum atomic E-state index is 5.56. The first-order valence-corrected chi connectivity index (χ1v) is 7.64. The molecule has 1 aliphatic rings. The molecule has 2 atom stereocenters. The zero-order valence-electron chi connectivity index (χ0n) is 13.3. The second-order valence-corrected chi connectivity index (χ2v) is 5.90. The topological polar surface area (TPSA) is 62.5 Å². The number of hydrogen-bond acceptors (Lipinski definition) is 3. The fraction of sp³-hybridized carbons (Fsp3) is 0.412. The van der Waals surface area contributed by atoms with Crippen molar-refractivity contribution in [2.75, 3.05) is 7.05 Å². The minimum atomic E-state index is 0.548. The van der Waals surface area contributed by atoms with Gasteiger partial charge in [-0.2, -0.15) is 0 Å². The molecule has 1 aromatic carbocycles. The number of nitrogens with one attached hydrogen (secondary N) is 2. The lowest BCUT2D eigenvalue weighted by Crippen LogP contribution is -2.38. The second kappa shape index (κ2) is 6.22. The number of aryl methyl sites for hydroxylation is 1. The Morgan fingerprint density at radius 2 is 2.09 bits per heavy atom. The molecule has 0 spiro atoms. The van der Waals surface area contributed by atoms with Crippen molar-refractivity contribution in [3.8, 4) is 11.5 Å². The van der Waals surface area contributed by atoms with Crippen LogP contribution < -0.4 is 10.6 Å². The van der Waals surface area contributed by atoms with Gasteiger partial charge in [-0.25, -0.2) is 4.98 Å². The predicted octanol–water partition coefficient (Wildman–Crippen LogP) is 2.72. The molecule has 116 valence electrons. The zero-order chi connectivity index (χ0) is 15.5. The maximum absolute atomic E-state index is 5.56. The summed E-state index contributed by atoms with van der Waals surface area (Å²) < 4.78 is 5.56. The lowest BCUT2D eigenvalue weighted by molar-refractivity contribution is 0.572. The summed E-state index contributed by atoms with van der Waals surface area (Å²) in [6.45, 7) is 4.89. The molecule has 2 unspecified atom stereocenters. The highest BCUT2D eigenvalue weighted by atomic mass is 16.3. The van der Waals surface area contributed by atoms with Crippen LogP contribution in [-0.2, 0) is 6.54 Å². The van der Waals surface area contributed by atoms with Crippen molar-refractivity contribution in [3.05, 3.63) is 41.8 Å². The first kappa shape index (κ1) is 14.6. The van der Waals surface area contributed by atoms with Gasteiger partial charge in [-0.1, -0.05) is 24.6 Å². The van der Waals surface area contributed by atoms with Crippen molar-refractivity contribution >= 4 is 5.96 Å². The van der Waals surface area contributed by atoms with Gasteiger partial charge in [-0.05, 0) is 31.4 Å². The summed E-state index contributed by atoms with van der Waals surface area (Å²) in [6, 6.07) is 8.70. The van der Waals surface area contributed by atoms with E-state index in [4.69, 9.17) is 4.42 Å². The van der Waals surface area contributed by atoms with Crippen LogP contribution in [0.25, 0.3) is 11.5 Å². The molecule has 0 radical (unpaired) electrons. The van der Waals surface area contributed by atoms with Crippen molar-refractivity contribution in [1.82, 2.24) is 15.6 Å². The predicted molar refractivity (Wildman–Crippen MR) is 87.6 cm³/mol. The summed E-state index contributed by atoms with van der Waals surface area (Å²) >= 11 is 0. The Balaban J connectivity index is 1.58. The molecule has 0 aliphatic heterocycles. The third-order valence-electron chi connectivity index (χ3n) is 3.94. The second-order valence-electron chi connectivity index (χ2n) is 5.90. The van der Waals surface area contributed by atoms with Gasteiger partial charge >= 0.3 is 0 Å². The van der Waals surface area contributed by atoms with Gasteiger partial charge in [0, 0.05) is 18.7 Å². The lowest BCUT2D eigenvalue weighted by atomic mass is 10.1. The Labute approximate surface area is 130 Å². The lowest BCUT2D eigenvalue weighted by Gasteiger charge is -2.09. The van der Waals surface area contributed by atoms with Gasteiger partial charge < -0.3 is 15.1 Å². The van der Waals surface area contributed by atoms with Crippen molar-refractivity contribution < 1.29 is 4.42 Å². The summed E-state index contributed by atoms with van der Waals surface area (Å²) in [7, 11) is 1.78. The van der Waals surface area contributed by atoms with Crippen LogP contribution in [0.4, 0.5) is 0 Å².